The van der Waals surface area contributed by atoms with E-state index in [4.69, 9.17) is 0 Å². The smallest absolute Gasteiger partial charge is 0.0762 e. The van der Waals surface area contributed by atoms with Crippen LogP contribution in [0.25, 0.3) is 0 Å². The first-order valence-electron chi connectivity index (χ1n) is 7.56. The van der Waals surface area contributed by atoms with Crippen molar-refractivity contribution in [1.82, 2.24) is 20.0 Å². The van der Waals surface area contributed by atoms with E-state index >= 15 is 0 Å². The molecule has 0 aliphatic carbocycles. The first kappa shape index (κ1) is 14.5. The maximum atomic E-state index is 4.65. The molecule has 1 aliphatic rings. The predicted molar refractivity (Wildman–Crippen MR) is 79.1 cm³/mol. The Hall–Kier alpha value is -0.870. The lowest BCUT2D eigenvalue weighted by molar-refractivity contribution is 0.174. The molecule has 0 radical (unpaired) electrons. The molecule has 2 rings (SSSR count). The third kappa shape index (κ3) is 3.80. The van der Waals surface area contributed by atoms with Crippen molar-refractivity contribution in [3.05, 3.63) is 18.0 Å². The van der Waals surface area contributed by atoms with Gasteiger partial charge in [-0.05, 0) is 45.3 Å². The summed E-state index contributed by atoms with van der Waals surface area (Å²) in [5, 5.41) is 8.33. The van der Waals surface area contributed by atoms with Crippen LogP contribution < -0.4 is 5.32 Å². The fourth-order valence-corrected chi connectivity index (χ4v) is 2.80. The second-order valence-electron chi connectivity index (χ2n) is 6.06. The molecule has 0 saturated carbocycles. The van der Waals surface area contributed by atoms with Crippen LogP contribution >= 0.6 is 0 Å². The molecule has 3 unspecified atom stereocenters. The Morgan fingerprint density at radius 3 is 3.00 bits per heavy atom. The Morgan fingerprint density at radius 2 is 2.32 bits per heavy atom. The van der Waals surface area contributed by atoms with Crippen LogP contribution in [0.3, 0.4) is 0 Å². The van der Waals surface area contributed by atoms with Gasteiger partial charge >= 0.3 is 0 Å². The fourth-order valence-electron chi connectivity index (χ4n) is 2.80. The van der Waals surface area contributed by atoms with Crippen molar-refractivity contribution in [3.63, 3.8) is 0 Å². The summed E-state index contributed by atoms with van der Waals surface area (Å²) >= 11 is 0. The van der Waals surface area contributed by atoms with Crippen LogP contribution in [0, 0.1) is 5.92 Å². The Kier molecular flexibility index (Phi) is 4.99. The van der Waals surface area contributed by atoms with Gasteiger partial charge in [0, 0.05) is 31.4 Å². The van der Waals surface area contributed by atoms with Crippen molar-refractivity contribution in [2.45, 2.75) is 52.2 Å². The largest absolute Gasteiger partial charge is 0.308 e. The second kappa shape index (κ2) is 6.53. The molecule has 3 atom stereocenters. The maximum Gasteiger partial charge on any atom is 0.0762 e. The Morgan fingerprint density at radius 1 is 1.53 bits per heavy atom. The Labute approximate surface area is 117 Å². The highest BCUT2D eigenvalue weighted by molar-refractivity contribution is 5.00. The molecule has 0 bridgehead atoms. The molecule has 1 fully saturated rings. The summed E-state index contributed by atoms with van der Waals surface area (Å²) in [5.41, 5.74) is 1.16. The maximum absolute atomic E-state index is 4.65. The summed E-state index contributed by atoms with van der Waals surface area (Å²) < 4.78 is 2.08. The van der Waals surface area contributed by atoms with E-state index in [1.807, 2.05) is 0 Å². The van der Waals surface area contributed by atoms with Crippen molar-refractivity contribution in [2.24, 2.45) is 5.92 Å². The normalized spacial score (nSPS) is 26.5. The first-order chi connectivity index (χ1) is 9.10. The summed E-state index contributed by atoms with van der Waals surface area (Å²) in [7, 11) is 2.21. The molecule has 108 valence electrons. The van der Waals surface area contributed by atoms with Crippen molar-refractivity contribution < 1.29 is 0 Å². The third-order valence-corrected chi connectivity index (χ3v) is 4.36. The van der Waals surface area contributed by atoms with E-state index in [1.54, 1.807) is 0 Å². The Bertz CT molecular complexity index is 387. The molecular formula is C15H28N4. The van der Waals surface area contributed by atoms with Crippen molar-refractivity contribution in [1.29, 1.82) is 0 Å². The number of piperidine rings is 1. The van der Waals surface area contributed by atoms with Crippen LogP contribution in [0.15, 0.2) is 12.3 Å². The standard InChI is InChI=1S/C15H28N4/c1-5-13(3)19-9-6-14(17-19)10-16-15-7-8-18(4)11-12(15)2/h6,9,12-13,15-16H,5,7-8,10-11H2,1-4H3. The monoisotopic (exact) mass is 264 g/mol. The van der Waals surface area contributed by atoms with Crippen LogP contribution in [0.1, 0.15) is 45.3 Å². The average Bonchev–Trinajstić information content (AvgIpc) is 2.85. The fraction of sp³-hybridized carbons (Fsp3) is 0.800. The number of hydrogen-bond acceptors (Lipinski definition) is 3. The van der Waals surface area contributed by atoms with Gasteiger partial charge in [-0.25, -0.2) is 0 Å². The van der Waals surface area contributed by atoms with Gasteiger partial charge in [0.25, 0.3) is 0 Å². The topological polar surface area (TPSA) is 33.1 Å². The number of rotatable bonds is 5. The molecule has 2 heterocycles. The molecular weight excluding hydrogens is 236 g/mol. The third-order valence-electron chi connectivity index (χ3n) is 4.36. The average molecular weight is 264 g/mol. The molecule has 1 aromatic heterocycles. The van der Waals surface area contributed by atoms with E-state index in [9.17, 15) is 0 Å². The number of nitrogens with one attached hydrogen (secondary N) is 1. The van der Waals surface area contributed by atoms with Crippen molar-refractivity contribution in [3.8, 4) is 0 Å². The SMILES string of the molecule is CCC(C)n1ccc(CNC2CCN(C)CC2C)n1. The molecule has 1 saturated heterocycles. The minimum atomic E-state index is 0.496. The van der Waals surface area contributed by atoms with E-state index in [-0.39, 0.29) is 0 Å². The van der Waals surface area contributed by atoms with Crippen LogP contribution in [-0.4, -0.2) is 40.9 Å². The van der Waals surface area contributed by atoms with Crippen molar-refractivity contribution >= 4 is 0 Å². The number of aromatic nitrogens is 2. The van der Waals surface area contributed by atoms with Gasteiger partial charge in [0.2, 0.25) is 0 Å². The number of nitrogens with zero attached hydrogens (tertiary/aromatic N) is 3. The molecule has 19 heavy (non-hydrogen) atoms. The minimum absolute atomic E-state index is 0.496. The van der Waals surface area contributed by atoms with Gasteiger partial charge in [-0.3, -0.25) is 4.68 Å². The van der Waals surface area contributed by atoms with E-state index in [0.717, 1.165) is 24.6 Å². The van der Waals surface area contributed by atoms with E-state index < -0.39 is 0 Å². The summed E-state index contributed by atoms with van der Waals surface area (Å²) in [5.74, 6) is 0.718. The zero-order chi connectivity index (χ0) is 13.8. The van der Waals surface area contributed by atoms with E-state index in [2.05, 4.69) is 60.1 Å². The molecule has 4 nitrogen and oxygen atoms in total. The molecule has 1 N–H and O–H groups in total. The lowest BCUT2D eigenvalue weighted by Crippen LogP contribution is -2.46. The minimum Gasteiger partial charge on any atom is -0.308 e. The lowest BCUT2D eigenvalue weighted by atomic mass is 9.94. The van der Waals surface area contributed by atoms with Gasteiger partial charge in [0.05, 0.1) is 5.69 Å². The molecule has 4 heteroatoms. The quantitative estimate of drug-likeness (QED) is 0.886. The zero-order valence-corrected chi connectivity index (χ0v) is 12.8. The number of hydrogen-bond donors (Lipinski definition) is 1. The summed E-state index contributed by atoms with van der Waals surface area (Å²) in [6, 6.07) is 3.26. The van der Waals surface area contributed by atoms with Crippen LogP contribution in [0.2, 0.25) is 0 Å². The van der Waals surface area contributed by atoms with Gasteiger partial charge in [-0.1, -0.05) is 13.8 Å². The van der Waals surface area contributed by atoms with Crippen LogP contribution in [0.5, 0.6) is 0 Å². The molecule has 1 aromatic rings. The molecule has 1 aliphatic heterocycles. The van der Waals surface area contributed by atoms with Crippen LogP contribution in [-0.2, 0) is 6.54 Å². The van der Waals surface area contributed by atoms with Gasteiger partial charge in [0.15, 0.2) is 0 Å². The summed E-state index contributed by atoms with van der Waals surface area (Å²) in [6.45, 7) is 10.0. The predicted octanol–water partition coefficient (Wildman–Crippen LogP) is 2.28. The highest BCUT2D eigenvalue weighted by Gasteiger charge is 2.23. The molecule has 0 spiro atoms. The number of likely N-dealkylation sites (tertiary alicyclic amines) is 1. The molecule has 0 aromatic carbocycles. The van der Waals surface area contributed by atoms with Gasteiger partial charge < -0.3 is 10.2 Å². The highest BCUT2D eigenvalue weighted by atomic mass is 15.3. The zero-order valence-electron chi connectivity index (χ0n) is 12.8. The highest BCUT2D eigenvalue weighted by Crippen LogP contribution is 2.16. The molecule has 0 amide bonds. The first-order valence-corrected chi connectivity index (χ1v) is 7.56. The summed E-state index contributed by atoms with van der Waals surface area (Å²) in [6.07, 6.45) is 4.47. The van der Waals surface area contributed by atoms with Crippen LogP contribution in [0.4, 0.5) is 0 Å². The van der Waals surface area contributed by atoms with E-state index in [1.165, 1.54) is 19.5 Å². The Balaban J connectivity index is 1.83. The summed E-state index contributed by atoms with van der Waals surface area (Å²) in [4.78, 5) is 2.42. The lowest BCUT2D eigenvalue weighted by Gasteiger charge is -2.35. The van der Waals surface area contributed by atoms with Crippen molar-refractivity contribution in [2.75, 3.05) is 20.1 Å². The van der Waals surface area contributed by atoms with Gasteiger partial charge in [-0.2, -0.15) is 5.10 Å². The second-order valence-corrected chi connectivity index (χ2v) is 6.06. The van der Waals surface area contributed by atoms with Gasteiger partial charge in [-0.15, -0.1) is 0 Å². The van der Waals surface area contributed by atoms with Gasteiger partial charge in [0.1, 0.15) is 0 Å². The van der Waals surface area contributed by atoms with E-state index in [0.29, 0.717) is 12.1 Å².